The number of halogens is 3. The van der Waals surface area contributed by atoms with E-state index < -0.39 is 11.7 Å². The lowest BCUT2D eigenvalue weighted by Gasteiger charge is -2.12. The zero-order valence-corrected chi connectivity index (χ0v) is 16.1. The van der Waals surface area contributed by atoms with Gasteiger partial charge in [0.1, 0.15) is 11.4 Å². The highest BCUT2D eigenvalue weighted by Crippen LogP contribution is 2.36. The Bertz CT molecular complexity index is 1380. The van der Waals surface area contributed by atoms with Gasteiger partial charge in [-0.2, -0.15) is 13.2 Å². The summed E-state index contributed by atoms with van der Waals surface area (Å²) in [7, 11) is 0. The van der Waals surface area contributed by atoms with Gasteiger partial charge in [0.25, 0.3) is 0 Å². The minimum absolute atomic E-state index is 0.236. The normalized spacial score (nSPS) is 11.7. The van der Waals surface area contributed by atoms with E-state index in [4.69, 9.17) is 4.74 Å². The van der Waals surface area contributed by atoms with E-state index in [0.717, 1.165) is 39.2 Å². The molecule has 6 heteroatoms. The van der Waals surface area contributed by atoms with Gasteiger partial charge in [0, 0.05) is 16.3 Å². The maximum absolute atomic E-state index is 12.8. The van der Waals surface area contributed by atoms with E-state index in [0.29, 0.717) is 5.69 Å². The molecule has 0 fully saturated rings. The van der Waals surface area contributed by atoms with Crippen LogP contribution in [0.5, 0.6) is 11.6 Å². The molecule has 31 heavy (non-hydrogen) atoms. The third kappa shape index (κ3) is 3.68. The Kier molecular flexibility index (Phi) is 4.55. The molecular formula is C25H15F3N2O. The molecule has 4 aromatic carbocycles. The van der Waals surface area contributed by atoms with Gasteiger partial charge in [-0.25, -0.2) is 0 Å². The second kappa shape index (κ2) is 7.40. The lowest BCUT2D eigenvalue weighted by Crippen LogP contribution is -2.04. The van der Waals surface area contributed by atoms with E-state index in [-0.39, 0.29) is 11.6 Å². The molecule has 0 aliphatic carbocycles. The first-order chi connectivity index (χ1) is 15.0. The van der Waals surface area contributed by atoms with Crippen molar-refractivity contribution in [2.24, 2.45) is 0 Å². The summed E-state index contributed by atoms with van der Waals surface area (Å²) in [5.74, 6) is 0.490. The molecule has 0 N–H and O–H groups in total. The van der Waals surface area contributed by atoms with Crippen LogP contribution in [0.3, 0.4) is 0 Å². The van der Waals surface area contributed by atoms with Gasteiger partial charge in [-0.1, -0.05) is 54.6 Å². The number of rotatable bonds is 3. The summed E-state index contributed by atoms with van der Waals surface area (Å²) in [4.78, 5) is 0. The zero-order valence-electron chi connectivity index (χ0n) is 16.1. The maximum atomic E-state index is 12.8. The molecule has 5 rings (SSSR count). The Labute approximate surface area is 175 Å². The van der Waals surface area contributed by atoms with Crippen molar-refractivity contribution in [3.05, 3.63) is 96.6 Å². The number of hydrogen-bond donors (Lipinski definition) is 0. The molecule has 0 saturated heterocycles. The van der Waals surface area contributed by atoms with Crippen LogP contribution in [0.1, 0.15) is 5.56 Å². The molecule has 0 bridgehead atoms. The van der Waals surface area contributed by atoms with Gasteiger partial charge >= 0.3 is 6.18 Å². The molecule has 1 aromatic heterocycles. The highest BCUT2D eigenvalue weighted by atomic mass is 19.4. The van der Waals surface area contributed by atoms with Crippen LogP contribution >= 0.6 is 0 Å². The predicted octanol–water partition coefficient (Wildman–Crippen LogP) is 7.26. The summed E-state index contributed by atoms with van der Waals surface area (Å²) >= 11 is 0. The average molecular weight is 416 g/mol. The fraction of sp³-hybridized carbons (Fsp3) is 0.0400. The van der Waals surface area contributed by atoms with Crippen molar-refractivity contribution in [3.63, 3.8) is 0 Å². The minimum atomic E-state index is -4.40. The van der Waals surface area contributed by atoms with Gasteiger partial charge in [0.05, 0.1) is 5.56 Å². The summed E-state index contributed by atoms with van der Waals surface area (Å²) in [5.41, 5.74) is 0.888. The van der Waals surface area contributed by atoms with E-state index >= 15 is 0 Å². The van der Waals surface area contributed by atoms with Gasteiger partial charge in [-0.15, -0.1) is 10.2 Å². The first-order valence-electron chi connectivity index (χ1n) is 9.59. The second-order valence-electron chi connectivity index (χ2n) is 7.09. The van der Waals surface area contributed by atoms with E-state index in [9.17, 15) is 13.2 Å². The fourth-order valence-electron chi connectivity index (χ4n) is 3.52. The minimum Gasteiger partial charge on any atom is -0.437 e. The van der Waals surface area contributed by atoms with Crippen molar-refractivity contribution in [3.8, 4) is 22.9 Å². The maximum Gasteiger partial charge on any atom is 0.416 e. The van der Waals surface area contributed by atoms with E-state index in [1.807, 2.05) is 66.7 Å². The number of aromatic nitrogens is 2. The Morgan fingerprint density at radius 2 is 1.26 bits per heavy atom. The van der Waals surface area contributed by atoms with Gasteiger partial charge < -0.3 is 4.74 Å². The predicted molar refractivity (Wildman–Crippen MR) is 114 cm³/mol. The van der Waals surface area contributed by atoms with Crippen molar-refractivity contribution >= 4 is 21.5 Å². The number of benzene rings is 4. The molecule has 1 heterocycles. The summed E-state index contributed by atoms with van der Waals surface area (Å²) in [6, 6.07) is 26.1. The molecule has 0 radical (unpaired) electrons. The van der Waals surface area contributed by atoms with Crippen LogP contribution in [0, 0.1) is 0 Å². The van der Waals surface area contributed by atoms with Crippen molar-refractivity contribution < 1.29 is 17.9 Å². The fourth-order valence-corrected chi connectivity index (χ4v) is 3.52. The molecule has 0 spiro atoms. The molecule has 0 atom stereocenters. The largest absolute Gasteiger partial charge is 0.437 e. The van der Waals surface area contributed by atoms with Crippen LogP contribution in [0.2, 0.25) is 0 Å². The Morgan fingerprint density at radius 1 is 0.645 bits per heavy atom. The molecule has 0 saturated carbocycles. The van der Waals surface area contributed by atoms with Crippen LogP contribution in [-0.2, 0) is 6.18 Å². The summed E-state index contributed by atoms with van der Waals surface area (Å²) in [5, 5.41) is 12.3. The SMILES string of the molecule is FC(F)(F)c1ccc(Oc2nnc(-c3ccccc3)c3cc4ccccc4cc23)cc1. The van der Waals surface area contributed by atoms with Crippen molar-refractivity contribution in [2.75, 3.05) is 0 Å². The third-order valence-electron chi connectivity index (χ3n) is 5.06. The van der Waals surface area contributed by atoms with E-state index in [1.54, 1.807) is 0 Å². The van der Waals surface area contributed by atoms with Crippen LogP contribution in [0.15, 0.2) is 91.0 Å². The Morgan fingerprint density at radius 3 is 1.90 bits per heavy atom. The van der Waals surface area contributed by atoms with Crippen LogP contribution in [0.25, 0.3) is 32.8 Å². The molecule has 5 aromatic rings. The summed E-state index contributed by atoms with van der Waals surface area (Å²) < 4.78 is 44.4. The third-order valence-corrected chi connectivity index (χ3v) is 5.06. The Balaban J connectivity index is 1.66. The lowest BCUT2D eigenvalue weighted by molar-refractivity contribution is -0.137. The molecule has 0 unspecified atom stereocenters. The van der Waals surface area contributed by atoms with Gasteiger partial charge in [-0.3, -0.25) is 0 Å². The molecule has 152 valence electrons. The monoisotopic (exact) mass is 416 g/mol. The first-order valence-corrected chi connectivity index (χ1v) is 9.59. The molecule has 0 aliphatic rings. The van der Waals surface area contributed by atoms with Gasteiger partial charge in [-0.05, 0) is 47.2 Å². The molecule has 0 amide bonds. The lowest BCUT2D eigenvalue weighted by atomic mass is 10.0. The number of alkyl halides is 3. The number of nitrogens with zero attached hydrogens (tertiary/aromatic N) is 2. The molecule has 3 nitrogen and oxygen atoms in total. The van der Waals surface area contributed by atoms with E-state index in [1.165, 1.54) is 12.1 Å². The summed E-state index contributed by atoms with van der Waals surface area (Å²) in [6.07, 6.45) is -4.40. The van der Waals surface area contributed by atoms with Gasteiger partial charge in [0.15, 0.2) is 0 Å². The molecule has 0 aliphatic heterocycles. The Hall–Kier alpha value is -3.93. The van der Waals surface area contributed by atoms with Crippen LogP contribution in [-0.4, -0.2) is 10.2 Å². The number of hydrogen-bond acceptors (Lipinski definition) is 3. The van der Waals surface area contributed by atoms with E-state index in [2.05, 4.69) is 10.2 Å². The first kappa shape index (κ1) is 19.1. The zero-order chi connectivity index (χ0) is 21.4. The average Bonchev–Trinajstić information content (AvgIpc) is 2.78. The smallest absolute Gasteiger partial charge is 0.416 e. The van der Waals surface area contributed by atoms with Crippen LogP contribution < -0.4 is 4.74 Å². The summed E-state index contributed by atoms with van der Waals surface area (Å²) in [6.45, 7) is 0. The standard InChI is InChI=1S/C25H15F3N2O/c26-25(27,28)19-10-12-20(13-11-19)31-24-22-15-18-9-5-4-8-17(18)14-21(22)23(29-30-24)16-6-2-1-3-7-16/h1-15H. The second-order valence-corrected chi connectivity index (χ2v) is 7.09. The number of fused-ring (bicyclic) bond motifs is 2. The molecular weight excluding hydrogens is 401 g/mol. The van der Waals surface area contributed by atoms with Crippen molar-refractivity contribution in [1.29, 1.82) is 0 Å². The number of ether oxygens (including phenoxy) is 1. The van der Waals surface area contributed by atoms with Crippen LogP contribution in [0.4, 0.5) is 13.2 Å². The highest BCUT2D eigenvalue weighted by molar-refractivity contribution is 6.05. The van der Waals surface area contributed by atoms with Crippen molar-refractivity contribution in [2.45, 2.75) is 6.18 Å². The quantitative estimate of drug-likeness (QED) is 0.290. The van der Waals surface area contributed by atoms with Gasteiger partial charge in [0.2, 0.25) is 5.88 Å². The highest BCUT2D eigenvalue weighted by Gasteiger charge is 2.30. The van der Waals surface area contributed by atoms with Crippen molar-refractivity contribution in [1.82, 2.24) is 10.2 Å². The topological polar surface area (TPSA) is 35.0 Å².